The van der Waals surface area contributed by atoms with Gasteiger partial charge in [0.2, 0.25) is 15.9 Å². The highest BCUT2D eigenvalue weighted by Gasteiger charge is 2.51. The monoisotopic (exact) mass is 562 g/mol. The molecule has 5 unspecified atom stereocenters. The molecule has 3 N–H and O–H groups in total. The van der Waals surface area contributed by atoms with E-state index in [9.17, 15) is 13.2 Å². The summed E-state index contributed by atoms with van der Waals surface area (Å²) in [6.07, 6.45) is 2.07. The van der Waals surface area contributed by atoms with Crippen LogP contribution < -0.4 is 20.1 Å². The molecule has 3 saturated heterocycles. The number of carbonyl (C=O) groups excluding carboxylic acids is 1. The van der Waals surface area contributed by atoms with Crippen LogP contribution >= 0.6 is 0 Å². The highest BCUT2D eigenvalue weighted by atomic mass is 32.2. The lowest BCUT2D eigenvalue weighted by molar-refractivity contribution is -0.132. The lowest BCUT2D eigenvalue weighted by Gasteiger charge is -2.56. The second-order valence-electron chi connectivity index (χ2n) is 10.9. The van der Waals surface area contributed by atoms with E-state index in [1.807, 2.05) is 18.2 Å². The first-order valence-electron chi connectivity index (χ1n) is 13.7. The van der Waals surface area contributed by atoms with Gasteiger partial charge in [-0.2, -0.15) is 0 Å². The number of amides is 1. The Balaban J connectivity index is 1.54. The Morgan fingerprint density at radius 2 is 1.70 bits per heavy atom. The van der Waals surface area contributed by atoms with Gasteiger partial charge in [0.1, 0.15) is 5.75 Å². The van der Waals surface area contributed by atoms with Crippen molar-refractivity contribution in [2.75, 3.05) is 37.8 Å². The molecule has 0 saturated carbocycles. The van der Waals surface area contributed by atoms with Crippen molar-refractivity contribution < 1.29 is 17.9 Å². The fraction of sp³-hybridized carbons (Fsp3) is 0.387. The average Bonchev–Trinajstić information content (AvgIpc) is 2.97. The maximum absolute atomic E-state index is 12.6. The molecule has 0 aliphatic carbocycles. The molecule has 3 heterocycles. The van der Waals surface area contributed by atoms with Crippen LogP contribution in [0.15, 0.2) is 78.9 Å². The van der Waals surface area contributed by atoms with E-state index in [0.717, 1.165) is 18.5 Å². The van der Waals surface area contributed by atoms with Crippen molar-refractivity contribution in [2.45, 2.75) is 31.0 Å². The predicted molar refractivity (Wildman–Crippen MR) is 158 cm³/mol. The van der Waals surface area contributed by atoms with Gasteiger partial charge < -0.3 is 15.8 Å². The number of benzene rings is 3. The number of fused-ring (bicyclic) bond motifs is 3. The molecule has 2 bridgehead atoms. The minimum atomic E-state index is -3.42. The molecule has 0 radical (unpaired) electrons. The summed E-state index contributed by atoms with van der Waals surface area (Å²) in [5.41, 5.74) is 9.79. The number of methoxy groups -OCH3 is 1. The molecule has 3 fully saturated rings. The van der Waals surface area contributed by atoms with Gasteiger partial charge in [-0.3, -0.25) is 14.0 Å². The largest absolute Gasteiger partial charge is 0.496 e. The number of rotatable bonds is 10. The van der Waals surface area contributed by atoms with Gasteiger partial charge >= 0.3 is 0 Å². The fourth-order valence-electron chi connectivity index (χ4n) is 6.59. The molecule has 6 rings (SSSR count). The van der Waals surface area contributed by atoms with Crippen LogP contribution in [0.4, 0.5) is 5.69 Å². The Morgan fingerprint density at radius 1 is 1.07 bits per heavy atom. The fourth-order valence-corrected chi connectivity index (χ4v) is 7.09. The Kier molecular flexibility index (Phi) is 8.16. The van der Waals surface area contributed by atoms with Crippen molar-refractivity contribution >= 4 is 21.6 Å². The van der Waals surface area contributed by atoms with E-state index in [4.69, 9.17) is 10.5 Å². The molecule has 3 aliphatic rings. The Bertz CT molecular complexity index is 1390. The first-order valence-corrected chi connectivity index (χ1v) is 15.5. The van der Waals surface area contributed by atoms with E-state index < -0.39 is 10.0 Å². The molecule has 212 valence electrons. The van der Waals surface area contributed by atoms with Gasteiger partial charge in [-0.1, -0.05) is 60.7 Å². The average molecular weight is 563 g/mol. The number of primary amides is 1. The first-order chi connectivity index (χ1) is 19.2. The summed E-state index contributed by atoms with van der Waals surface area (Å²) in [7, 11) is -0.266. The lowest BCUT2D eigenvalue weighted by Crippen LogP contribution is -2.68. The van der Waals surface area contributed by atoms with Crippen LogP contribution in [0, 0.1) is 11.8 Å². The Morgan fingerprint density at radius 3 is 2.25 bits per heavy atom. The quantitative estimate of drug-likeness (QED) is 0.393. The number of nitrogens with one attached hydrogen (secondary N) is 1. The van der Waals surface area contributed by atoms with E-state index in [1.165, 1.54) is 21.7 Å². The molecule has 1 amide bonds. The van der Waals surface area contributed by atoms with E-state index in [2.05, 4.69) is 58.7 Å². The van der Waals surface area contributed by atoms with Crippen LogP contribution in [0.2, 0.25) is 0 Å². The van der Waals surface area contributed by atoms with Crippen molar-refractivity contribution in [3.8, 4) is 5.75 Å². The SMILES string of the molecule is COc1ccc(N(C)S(C)(=O)=O)cc1CNC1C2CCN(CC2C(N)=O)C1C(c1ccccc1)c1ccccc1. The van der Waals surface area contributed by atoms with Crippen molar-refractivity contribution in [3.63, 3.8) is 0 Å². The van der Waals surface area contributed by atoms with Gasteiger partial charge in [-0.05, 0) is 48.2 Å². The molecule has 9 heteroatoms. The van der Waals surface area contributed by atoms with Crippen molar-refractivity contribution in [3.05, 3.63) is 95.6 Å². The number of nitrogens with zero attached hydrogens (tertiary/aromatic N) is 2. The smallest absolute Gasteiger partial charge is 0.231 e. The topological polar surface area (TPSA) is 105 Å². The second kappa shape index (κ2) is 11.6. The van der Waals surface area contributed by atoms with Crippen molar-refractivity contribution in [1.29, 1.82) is 0 Å². The van der Waals surface area contributed by atoms with Crippen LogP contribution in [-0.4, -0.2) is 64.8 Å². The summed E-state index contributed by atoms with van der Waals surface area (Å²) in [6.45, 7) is 2.00. The summed E-state index contributed by atoms with van der Waals surface area (Å²) >= 11 is 0. The van der Waals surface area contributed by atoms with Gasteiger partial charge in [0, 0.05) is 43.7 Å². The highest BCUT2D eigenvalue weighted by molar-refractivity contribution is 7.92. The molecule has 3 aliphatic heterocycles. The summed E-state index contributed by atoms with van der Waals surface area (Å²) in [5, 5.41) is 3.81. The number of hydrogen-bond acceptors (Lipinski definition) is 6. The number of nitrogens with two attached hydrogens (primary N) is 1. The summed E-state index contributed by atoms with van der Waals surface area (Å²) in [4.78, 5) is 15.0. The summed E-state index contributed by atoms with van der Waals surface area (Å²) in [6, 6.07) is 26.5. The zero-order valence-electron chi connectivity index (χ0n) is 23.2. The maximum Gasteiger partial charge on any atom is 0.231 e. The number of sulfonamides is 1. The van der Waals surface area contributed by atoms with Gasteiger partial charge in [0.15, 0.2) is 0 Å². The van der Waals surface area contributed by atoms with E-state index in [0.29, 0.717) is 24.5 Å². The Hall–Kier alpha value is -3.40. The third-order valence-electron chi connectivity index (χ3n) is 8.63. The number of carbonyl (C=O) groups is 1. The van der Waals surface area contributed by atoms with Crippen LogP contribution in [0.3, 0.4) is 0 Å². The third-order valence-corrected chi connectivity index (χ3v) is 9.83. The minimum absolute atomic E-state index is 0.0357. The van der Waals surface area contributed by atoms with E-state index >= 15 is 0 Å². The first kappa shape index (κ1) is 28.1. The summed E-state index contributed by atoms with van der Waals surface area (Å²) in [5.74, 6) is 0.339. The number of hydrogen-bond donors (Lipinski definition) is 2. The van der Waals surface area contributed by atoms with Gasteiger partial charge in [-0.25, -0.2) is 8.42 Å². The maximum atomic E-state index is 12.6. The summed E-state index contributed by atoms with van der Waals surface area (Å²) < 4.78 is 31.3. The zero-order chi connectivity index (χ0) is 28.4. The molecule has 0 spiro atoms. The molecule has 5 atom stereocenters. The van der Waals surface area contributed by atoms with Gasteiger partial charge in [0.05, 0.1) is 25.0 Å². The van der Waals surface area contributed by atoms with Crippen LogP contribution in [0.5, 0.6) is 5.75 Å². The third kappa shape index (κ3) is 5.59. The highest BCUT2D eigenvalue weighted by Crippen LogP contribution is 2.44. The second-order valence-corrected chi connectivity index (χ2v) is 12.9. The lowest BCUT2D eigenvalue weighted by atomic mass is 9.66. The molecular weight excluding hydrogens is 524 g/mol. The van der Waals surface area contributed by atoms with Crippen molar-refractivity contribution in [1.82, 2.24) is 10.2 Å². The van der Waals surface area contributed by atoms with Crippen LogP contribution in [0.25, 0.3) is 0 Å². The molecule has 8 nitrogen and oxygen atoms in total. The zero-order valence-corrected chi connectivity index (χ0v) is 24.1. The molecule has 3 aromatic carbocycles. The number of piperidine rings is 3. The Labute approximate surface area is 237 Å². The van der Waals surface area contributed by atoms with Crippen molar-refractivity contribution in [2.24, 2.45) is 17.6 Å². The standard InChI is InChI=1S/C31H38N4O4S/c1-34(40(3,37)38)24-14-15-27(39-2)23(18-24)19-33-29-25-16-17-35(20-26(25)31(32)36)30(29)28(21-10-6-4-7-11-21)22-12-8-5-9-13-22/h4-15,18,25-26,28-30,33H,16-17,19-20H2,1-3H3,(H2,32,36). The van der Waals surface area contributed by atoms with Gasteiger partial charge in [0.25, 0.3) is 0 Å². The molecule has 0 aromatic heterocycles. The minimum Gasteiger partial charge on any atom is -0.496 e. The molecular formula is C31H38N4O4S. The van der Waals surface area contributed by atoms with Crippen LogP contribution in [0.1, 0.15) is 29.0 Å². The molecule has 3 aromatic rings. The van der Waals surface area contributed by atoms with Crippen LogP contribution in [-0.2, 0) is 21.4 Å². The predicted octanol–water partition coefficient (Wildman–Crippen LogP) is 3.19. The van der Waals surface area contributed by atoms with Gasteiger partial charge in [-0.15, -0.1) is 0 Å². The number of ether oxygens (including phenoxy) is 1. The van der Waals surface area contributed by atoms with E-state index in [-0.39, 0.29) is 35.7 Å². The number of anilines is 1. The normalized spacial score (nSPS) is 24.1. The molecule has 40 heavy (non-hydrogen) atoms. The van der Waals surface area contributed by atoms with E-state index in [1.54, 1.807) is 26.3 Å².